The summed E-state index contributed by atoms with van der Waals surface area (Å²) in [6.45, 7) is 0.269. The lowest BCUT2D eigenvalue weighted by Gasteiger charge is -2.25. The van der Waals surface area contributed by atoms with Crippen LogP contribution in [0.15, 0.2) is 67.4 Å². The van der Waals surface area contributed by atoms with E-state index in [-0.39, 0.29) is 12.6 Å². The number of rotatable bonds is 4. The summed E-state index contributed by atoms with van der Waals surface area (Å²) >= 11 is 0. The minimum Gasteiger partial charge on any atom is -0.351 e. The molecule has 1 aliphatic rings. The van der Waals surface area contributed by atoms with Gasteiger partial charge in [0, 0.05) is 18.0 Å². The van der Waals surface area contributed by atoms with Crippen LogP contribution in [0.25, 0.3) is 28.2 Å². The van der Waals surface area contributed by atoms with Crippen LogP contribution in [0.4, 0.5) is 10.2 Å². The predicted molar refractivity (Wildman–Crippen MR) is 115 cm³/mol. The van der Waals surface area contributed by atoms with Crippen molar-refractivity contribution < 1.29 is 14.2 Å². The van der Waals surface area contributed by atoms with Crippen molar-refractivity contribution in [2.24, 2.45) is 0 Å². The maximum atomic E-state index is 14.8. The Bertz CT molecular complexity index is 1420. The first-order valence-electron chi connectivity index (χ1n) is 10.2. The largest absolute Gasteiger partial charge is 0.351 e. The number of aliphatic hydroxyl groups excluding tert-OH is 1. The van der Waals surface area contributed by atoms with Gasteiger partial charge in [-0.3, -0.25) is 15.0 Å². The van der Waals surface area contributed by atoms with Gasteiger partial charge in [0.15, 0.2) is 11.5 Å². The number of aromatic nitrogens is 7. The van der Waals surface area contributed by atoms with E-state index in [1.165, 1.54) is 12.4 Å². The van der Waals surface area contributed by atoms with E-state index in [0.717, 1.165) is 5.69 Å². The molecule has 5 heterocycles. The van der Waals surface area contributed by atoms with Crippen LogP contribution in [0.3, 0.4) is 0 Å². The van der Waals surface area contributed by atoms with E-state index in [1.807, 2.05) is 18.2 Å². The highest BCUT2D eigenvalue weighted by molar-refractivity contribution is 5.79. The Morgan fingerprint density at radius 2 is 2.06 bits per heavy atom. The average Bonchev–Trinajstić information content (AvgIpc) is 3.59. The van der Waals surface area contributed by atoms with E-state index < -0.39 is 12.2 Å². The maximum absolute atomic E-state index is 14.8. The molecule has 164 valence electrons. The summed E-state index contributed by atoms with van der Waals surface area (Å²) in [4.78, 5) is 14.8. The summed E-state index contributed by atoms with van der Waals surface area (Å²) in [5.41, 5.74) is 2.84. The van der Waals surface area contributed by atoms with Crippen molar-refractivity contribution >= 4 is 11.5 Å². The molecule has 0 aliphatic carbocycles. The third-order valence-corrected chi connectivity index (χ3v) is 5.58. The first-order valence-corrected chi connectivity index (χ1v) is 10.2. The molecule has 6 rings (SSSR count). The molecule has 0 radical (unpaired) electrons. The van der Waals surface area contributed by atoms with Gasteiger partial charge in [-0.1, -0.05) is 12.1 Å². The molecule has 0 spiro atoms. The zero-order valence-corrected chi connectivity index (χ0v) is 17.1. The lowest BCUT2D eigenvalue weighted by atomic mass is 10.1. The Morgan fingerprint density at radius 3 is 2.85 bits per heavy atom. The van der Waals surface area contributed by atoms with Gasteiger partial charge < -0.3 is 9.84 Å². The highest BCUT2D eigenvalue weighted by atomic mass is 19.1. The molecule has 1 aliphatic heterocycles. The first-order chi connectivity index (χ1) is 16.2. The van der Waals surface area contributed by atoms with Crippen molar-refractivity contribution in [2.75, 3.05) is 11.5 Å². The van der Waals surface area contributed by atoms with Gasteiger partial charge >= 0.3 is 0 Å². The number of pyridine rings is 1. The number of ether oxygens (including phenoxy) is 1. The molecule has 2 atom stereocenters. The second-order valence-electron chi connectivity index (χ2n) is 7.48. The summed E-state index contributed by atoms with van der Waals surface area (Å²) in [5.74, 6) is 0.393. The van der Waals surface area contributed by atoms with Crippen molar-refractivity contribution in [2.45, 2.75) is 12.5 Å². The molecule has 11 heteroatoms. The highest BCUT2D eigenvalue weighted by Crippen LogP contribution is 2.34. The van der Waals surface area contributed by atoms with E-state index in [0.29, 0.717) is 34.0 Å². The van der Waals surface area contributed by atoms with E-state index in [9.17, 15) is 9.50 Å². The summed E-state index contributed by atoms with van der Waals surface area (Å²) in [5, 5.41) is 21.3. The predicted octanol–water partition coefficient (Wildman–Crippen LogP) is 2.57. The fourth-order valence-electron chi connectivity index (χ4n) is 3.98. The van der Waals surface area contributed by atoms with Gasteiger partial charge in [-0.2, -0.15) is 10.2 Å². The molecule has 5 aromatic rings. The lowest BCUT2D eigenvalue weighted by molar-refractivity contribution is -0.0578. The molecule has 2 N–H and O–H groups in total. The molecule has 2 unspecified atom stereocenters. The van der Waals surface area contributed by atoms with Crippen LogP contribution in [-0.2, 0) is 4.74 Å². The fourth-order valence-corrected chi connectivity index (χ4v) is 3.98. The van der Waals surface area contributed by atoms with E-state index in [4.69, 9.17) is 9.72 Å². The van der Waals surface area contributed by atoms with Gasteiger partial charge in [0.05, 0.1) is 24.1 Å². The van der Waals surface area contributed by atoms with Gasteiger partial charge in [0.1, 0.15) is 24.0 Å². The number of H-pyrrole nitrogens is 1. The van der Waals surface area contributed by atoms with Crippen molar-refractivity contribution in [3.05, 3.63) is 78.9 Å². The number of nitrogens with zero attached hydrogens (tertiary/aromatic N) is 7. The van der Waals surface area contributed by atoms with Crippen molar-refractivity contribution in [1.29, 1.82) is 0 Å². The number of nitrogens with one attached hydrogen (secondary N) is 1. The number of aliphatic hydroxyl groups is 1. The molecular formula is C22H17FN8O2. The average molecular weight is 444 g/mol. The van der Waals surface area contributed by atoms with Crippen LogP contribution in [-0.4, -0.2) is 52.9 Å². The molecular weight excluding hydrogens is 427 g/mol. The van der Waals surface area contributed by atoms with Crippen LogP contribution in [0.5, 0.6) is 0 Å². The second kappa shape index (κ2) is 7.73. The Kier molecular flexibility index (Phi) is 4.56. The lowest BCUT2D eigenvalue weighted by Crippen LogP contribution is -2.33. The third-order valence-electron chi connectivity index (χ3n) is 5.58. The van der Waals surface area contributed by atoms with Gasteiger partial charge in [0.2, 0.25) is 6.41 Å². The summed E-state index contributed by atoms with van der Waals surface area (Å²) in [7, 11) is 0. The van der Waals surface area contributed by atoms with Crippen LogP contribution in [0.1, 0.15) is 11.7 Å². The Balaban J connectivity index is 1.41. The number of fused-ring (bicyclic) bond motifs is 1. The van der Waals surface area contributed by atoms with Crippen LogP contribution in [0.2, 0.25) is 0 Å². The smallest absolute Gasteiger partial charge is 0.239 e. The molecule has 0 saturated carbocycles. The van der Waals surface area contributed by atoms with Crippen LogP contribution in [0, 0.1) is 5.82 Å². The van der Waals surface area contributed by atoms with E-state index in [1.54, 1.807) is 46.2 Å². The molecule has 33 heavy (non-hydrogen) atoms. The minimum atomic E-state index is -1.17. The fraction of sp³-hybridized carbons (Fsp3) is 0.136. The molecule has 4 aromatic heterocycles. The highest BCUT2D eigenvalue weighted by Gasteiger charge is 2.36. The second-order valence-corrected chi connectivity index (χ2v) is 7.48. The first kappa shape index (κ1) is 19.5. The molecule has 1 aromatic carbocycles. The number of aromatic amines is 1. The summed E-state index contributed by atoms with van der Waals surface area (Å²) in [6, 6.07) is 11.8. The van der Waals surface area contributed by atoms with E-state index in [2.05, 4.69) is 25.3 Å². The van der Waals surface area contributed by atoms with Crippen LogP contribution < -0.4 is 4.90 Å². The standard InChI is InChI=1S/C22H17FN8O2/c23-16-9-13(4-5-14(16)20-25-12-26-29-20)15-10-27-30-8-6-19(28-21(15)30)31-18(11-33-22(31)32)17-3-1-2-7-24-17/h1-10,12,18,22,32H,11H2,(H,25,26,29). The molecule has 0 bridgehead atoms. The van der Waals surface area contributed by atoms with E-state index >= 15 is 0 Å². The number of halogens is 1. The quantitative estimate of drug-likeness (QED) is 0.434. The Morgan fingerprint density at radius 1 is 1.12 bits per heavy atom. The number of benzene rings is 1. The van der Waals surface area contributed by atoms with Gasteiger partial charge in [-0.15, -0.1) is 0 Å². The monoisotopic (exact) mass is 444 g/mol. The zero-order valence-electron chi connectivity index (χ0n) is 17.1. The molecule has 10 nitrogen and oxygen atoms in total. The number of hydrogen-bond donors (Lipinski definition) is 2. The van der Waals surface area contributed by atoms with Crippen molar-refractivity contribution in [3.63, 3.8) is 0 Å². The number of hydrogen-bond acceptors (Lipinski definition) is 8. The molecule has 0 amide bonds. The topological polar surface area (TPSA) is 117 Å². The van der Waals surface area contributed by atoms with Crippen LogP contribution >= 0.6 is 0 Å². The summed E-state index contributed by atoms with van der Waals surface area (Å²) < 4.78 is 21.9. The minimum absolute atomic E-state index is 0.269. The molecule has 1 fully saturated rings. The summed E-state index contributed by atoms with van der Waals surface area (Å²) in [6.07, 6.45) is 5.22. The Hall–Kier alpha value is -4.22. The number of anilines is 1. The maximum Gasteiger partial charge on any atom is 0.239 e. The van der Waals surface area contributed by atoms with Gasteiger partial charge in [0.25, 0.3) is 0 Å². The Labute approximate surface area is 186 Å². The van der Waals surface area contributed by atoms with Gasteiger partial charge in [-0.05, 0) is 35.9 Å². The van der Waals surface area contributed by atoms with Gasteiger partial charge in [-0.25, -0.2) is 18.9 Å². The van der Waals surface area contributed by atoms with Crippen molar-refractivity contribution in [1.82, 2.24) is 34.8 Å². The SMILES string of the molecule is OC1OCC(c2ccccn2)N1c1ccn2ncc(-c3ccc(-c4ncn[nH]4)c(F)c3)c2n1. The normalized spacial score (nSPS) is 18.3. The zero-order chi connectivity index (χ0) is 22.4. The molecule has 1 saturated heterocycles. The van der Waals surface area contributed by atoms with Crippen molar-refractivity contribution in [3.8, 4) is 22.5 Å². The third kappa shape index (κ3) is 3.30.